The highest BCUT2D eigenvalue weighted by Crippen LogP contribution is 2.33. The number of aryl methyl sites for hydroxylation is 1. The van der Waals surface area contributed by atoms with E-state index in [-0.39, 0.29) is 5.82 Å². The Kier molecular flexibility index (Phi) is 4.21. The van der Waals surface area contributed by atoms with E-state index in [9.17, 15) is 4.39 Å². The van der Waals surface area contributed by atoms with Crippen LogP contribution in [-0.4, -0.2) is 23.3 Å². The molecule has 1 nitrogen and oxygen atoms in total. The van der Waals surface area contributed by atoms with E-state index in [2.05, 4.69) is 27.9 Å². The van der Waals surface area contributed by atoms with Crippen molar-refractivity contribution in [2.75, 3.05) is 13.6 Å². The van der Waals surface area contributed by atoms with Crippen LogP contribution in [0.4, 0.5) is 4.39 Å². The van der Waals surface area contributed by atoms with Crippen LogP contribution < -0.4 is 0 Å². The van der Waals surface area contributed by atoms with Gasteiger partial charge in [-0.25, -0.2) is 4.39 Å². The number of nitrogens with zero attached hydrogens (tertiary/aromatic N) is 1. The molecule has 0 saturated heterocycles. The summed E-state index contributed by atoms with van der Waals surface area (Å²) >= 11 is 3.62. The summed E-state index contributed by atoms with van der Waals surface area (Å²) in [6.45, 7) is 4.03. The average molecular weight is 300 g/mol. The predicted octanol–water partition coefficient (Wildman–Crippen LogP) is 3.74. The number of halogens is 2. The van der Waals surface area contributed by atoms with Crippen LogP contribution in [0.1, 0.15) is 24.0 Å². The zero-order chi connectivity index (χ0) is 12.4. The molecule has 0 unspecified atom stereocenters. The van der Waals surface area contributed by atoms with Gasteiger partial charge >= 0.3 is 0 Å². The zero-order valence-electron chi connectivity index (χ0n) is 10.4. The molecule has 0 aromatic heterocycles. The van der Waals surface area contributed by atoms with Crippen LogP contribution in [-0.2, 0) is 6.54 Å². The normalized spacial score (nSPS) is 23.8. The number of rotatable bonds is 4. The Balaban J connectivity index is 1.87. The van der Waals surface area contributed by atoms with Crippen molar-refractivity contribution in [1.29, 1.82) is 0 Å². The largest absolute Gasteiger partial charge is 0.302 e. The molecule has 0 aliphatic heterocycles. The molecule has 17 heavy (non-hydrogen) atoms. The minimum absolute atomic E-state index is 0.143. The first-order valence-corrected chi connectivity index (χ1v) is 7.04. The fourth-order valence-electron chi connectivity index (χ4n) is 2.44. The van der Waals surface area contributed by atoms with Gasteiger partial charge in [-0.15, -0.1) is 0 Å². The lowest BCUT2D eigenvalue weighted by molar-refractivity contribution is 0.208. The SMILES string of the molecule is Cc1cc(F)ccc1CN(C)CC1CC(Br)C1. The van der Waals surface area contributed by atoms with E-state index < -0.39 is 0 Å². The van der Waals surface area contributed by atoms with Crippen molar-refractivity contribution >= 4 is 15.9 Å². The predicted molar refractivity (Wildman–Crippen MR) is 72.9 cm³/mol. The molecule has 0 radical (unpaired) electrons. The van der Waals surface area contributed by atoms with Crippen molar-refractivity contribution in [2.45, 2.75) is 31.1 Å². The fraction of sp³-hybridized carbons (Fsp3) is 0.571. The van der Waals surface area contributed by atoms with Crippen molar-refractivity contribution in [3.63, 3.8) is 0 Å². The highest BCUT2D eigenvalue weighted by atomic mass is 79.9. The molecule has 0 bridgehead atoms. The standard InChI is InChI=1S/C14H19BrFN/c1-10-5-14(16)4-3-12(10)9-17(2)8-11-6-13(15)7-11/h3-5,11,13H,6-9H2,1-2H3. The highest BCUT2D eigenvalue weighted by molar-refractivity contribution is 9.09. The summed E-state index contributed by atoms with van der Waals surface area (Å²) in [7, 11) is 2.14. The Labute approximate surface area is 111 Å². The third-order valence-corrected chi connectivity index (χ3v) is 4.24. The van der Waals surface area contributed by atoms with Crippen molar-refractivity contribution in [3.8, 4) is 0 Å². The van der Waals surface area contributed by atoms with Gasteiger partial charge in [-0.1, -0.05) is 22.0 Å². The van der Waals surface area contributed by atoms with Crippen LogP contribution in [0.3, 0.4) is 0 Å². The molecule has 2 rings (SSSR count). The van der Waals surface area contributed by atoms with Gasteiger partial charge in [0.25, 0.3) is 0 Å². The lowest BCUT2D eigenvalue weighted by atomic mass is 9.85. The number of benzene rings is 1. The molecule has 0 atom stereocenters. The maximum atomic E-state index is 13.0. The molecule has 1 aliphatic rings. The molecular formula is C14H19BrFN. The first kappa shape index (κ1) is 13.0. The summed E-state index contributed by atoms with van der Waals surface area (Å²) in [5.41, 5.74) is 2.27. The van der Waals surface area contributed by atoms with E-state index in [1.54, 1.807) is 12.1 Å². The first-order chi connectivity index (χ1) is 8.04. The smallest absolute Gasteiger partial charge is 0.123 e. The second-order valence-electron chi connectivity index (χ2n) is 5.20. The summed E-state index contributed by atoms with van der Waals surface area (Å²) in [6, 6.07) is 5.06. The Hall–Kier alpha value is -0.410. The second kappa shape index (κ2) is 5.49. The molecule has 1 aromatic rings. The van der Waals surface area contributed by atoms with Gasteiger partial charge in [0.05, 0.1) is 0 Å². The van der Waals surface area contributed by atoms with Gasteiger partial charge in [0.2, 0.25) is 0 Å². The minimum Gasteiger partial charge on any atom is -0.302 e. The van der Waals surface area contributed by atoms with E-state index in [1.165, 1.54) is 18.4 Å². The molecular weight excluding hydrogens is 281 g/mol. The van der Waals surface area contributed by atoms with Crippen LogP contribution in [0.5, 0.6) is 0 Å². The van der Waals surface area contributed by atoms with Crippen molar-refractivity contribution in [2.24, 2.45) is 5.92 Å². The van der Waals surface area contributed by atoms with Gasteiger partial charge in [0.1, 0.15) is 5.82 Å². The number of hydrogen-bond donors (Lipinski definition) is 0. The molecule has 3 heteroatoms. The van der Waals surface area contributed by atoms with Crippen molar-refractivity contribution < 1.29 is 4.39 Å². The number of alkyl halides is 1. The van der Waals surface area contributed by atoms with E-state index in [1.807, 2.05) is 13.0 Å². The van der Waals surface area contributed by atoms with Crippen LogP contribution in [0.15, 0.2) is 18.2 Å². The molecule has 0 heterocycles. The van der Waals surface area contributed by atoms with Gasteiger partial charge in [0.15, 0.2) is 0 Å². The first-order valence-electron chi connectivity index (χ1n) is 6.12. The van der Waals surface area contributed by atoms with E-state index in [4.69, 9.17) is 0 Å². The van der Waals surface area contributed by atoms with Crippen LogP contribution >= 0.6 is 15.9 Å². The third-order valence-electron chi connectivity index (χ3n) is 3.49. The Morgan fingerprint density at radius 2 is 2.12 bits per heavy atom. The fourth-order valence-corrected chi connectivity index (χ4v) is 3.49. The average Bonchev–Trinajstić information content (AvgIpc) is 2.20. The van der Waals surface area contributed by atoms with Gasteiger partial charge in [0, 0.05) is 17.9 Å². The van der Waals surface area contributed by atoms with Crippen molar-refractivity contribution in [3.05, 3.63) is 35.1 Å². The lowest BCUT2D eigenvalue weighted by Crippen LogP contribution is -2.34. The van der Waals surface area contributed by atoms with Crippen LogP contribution in [0, 0.1) is 18.7 Å². The van der Waals surface area contributed by atoms with E-state index in [0.717, 1.165) is 29.4 Å². The van der Waals surface area contributed by atoms with E-state index in [0.29, 0.717) is 0 Å². The monoisotopic (exact) mass is 299 g/mol. The quantitative estimate of drug-likeness (QED) is 0.766. The lowest BCUT2D eigenvalue weighted by Gasteiger charge is -2.34. The topological polar surface area (TPSA) is 3.24 Å². The Morgan fingerprint density at radius 1 is 1.41 bits per heavy atom. The number of hydrogen-bond acceptors (Lipinski definition) is 1. The molecule has 0 amide bonds. The Morgan fingerprint density at radius 3 is 2.71 bits per heavy atom. The van der Waals surface area contributed by atoms with Gasteiger partial charge in [-0.05, 0) is 56.0 Å². The maximum Gasteiger partial charge on any atom is 0.123 e. The summed E-state index contributed by atoms with van der Waals surface area (Å²) in [4.78, 5) is 3.07. The van der Waals surface area contributed by atoms with Gasteiger partial charge in [-0.3, -0.25) is 0 Å². The van der Waals surface area contributed by atoms with Gasteiger partial charge in [-0.2, -0.15) is 0 Å². The Bertz CT molecular complexity index is 388. The minimum atomic E-state index is -0.143. The summed E-state index contributed by atoms with van der Waals surface area (Å²) in [5.74, 6) is 0.681. The molecule has 0 spiro atoms. The van der Waals surface area contributed by atoms with Gasteiger partial charge < -0.3 is 4.90 Å². The zero-order valence-corrected chi connectivity index (χ0v) is 12.0. The molecule has 1 saturated carbocycles. The summed E-state index contributed by atoms with van der Waals surface area (Å²) in [5, 5.41) is 0. The maximum absolute atomic E-state index is 13.0. The molecule has 1 fully saturated rings. The second-order valence-corrected chi connectivity index (χ2v) is 6.50. The van der Waals surface area contributed by atoms with Crippen molar-refractivity contribution in [1.82, 2.24) is 4.90 Å². The molecule has 1 aliphatic carbocycles. The van der Waals surface area contributed by atoms with Crippen LogP contribution in [0.2, 0.25) is 0 Å². The third kappa shape index (κ3) is 3.52. The molecule has 0 N–H and O–H groups in total. The van der Waals surface area contributed by atoms with E-state index >= 15 is 0 Å². The summed E-state index contributed by atoms with van der Waals surface area (Å²) < 4.78 is 13.0. The highest BCUT2D eigenvalue weighted by Gasteiger charge is 2.27. The summed E-state index contributed by atoms with van der Waals surface area (Å²) in [6.07, 6.45) is 2.57. The van der Waals surface area contributed by atoms with Crippen LogP contribution in [0.25, 0.3) is 0 Å². The molecule has 1 aromatic carbocycles. The molecule has 94 valence electrons.